The number of hydrogen-bond acceptors (Lipinski definition) is 7. The van der Waals surface area contributed by atoms with Gasteiger partial charge in [0.2, 0.25) is 5.95 Å². The number of aryl methyl sites for hydroxylation is 1. The highest BCUT2D eigenvalue weighted by Crippen LogP contribution is 2.21. The number of anilines is 1. The quantitative estimate of drug-likeness (QED) is 0.531. The summed E-state index contributed by atoms with van der Waals surface area (Å²) in [5.74, 6) is 0.279. The first kappa shape index (κ1) is 13.9. The predicted octanol–water partition coefficient (Wildman–Crippen LogP) is -1.42. The number of rotatable bonds is 4. The van der Waals surface area contributed by atoms with Gasteiger partial charge in [-0.3, -0.25) is 9.78 Å². The zero-order valence-corrected chi connectivity index (χ0v) is 10.7. The van der Waals surface area contributed by atoms with Gasteiger partial charge in [-0.25, -0.2) is 4.98 Å². The molecule has 106 valence electrons. The molecular formula is C11H17N3O5. The third-order valence-corrected chi connectivity index (χ3v) is 3.00. The Morgan fingerprint density at radius 2 is 2.26 bits per heavy atom. The average molecular weight is 271 g/mol. The average Bonchev–Trinajstić information content (AvgIpc) is 2.67. The van der Waals surface area contributed by atoms with E-state index in [1.54, 1.807) is 6.92 Å². The first-order valence-corrected chi connectivity index (χ1v) is 5.87. The van der Waals surface area contributed by atoms with Gasteiger partial charge in [-0.05, 0) is 6.92 Å². The van der Waals surface area contributed by atoms with Crippen molar-refractivity contribution in [2.75, 3.05) is 19.0 Å². The van der Waals surface area contributed by atoms with E-state index in [1.807, 2.05) is 0 Å². The molecule has 1 aromatic heterocycles. The number of methoxy groups -OCH3 is 1. The fraction of sp³-hybridized carbons (Fsp3) is 0.636. The Morgan fingerprint density at radius 1 is 1.53 bits per heavy atom. The van der Waals surface area contributed by atoms with Crippen LogP contribution in [0.4, 0.5) is 5.95 Å². The number of aliphatic hydroxyl groups excluding tert-OH is 2. The van der Waals surface area contributed by atoms with E-state index >= 15 is 0 Å². The molecule has 0 amide bonds. The highest BCUT2D eigenvalue weighted by molar-refractivity contribution is 5.24. The van der Waals surface area contributed by atoms with Gasteiger partial charge in [0.25, 0.3) is 5.56 Å². The van der Waals surface area contributed by atoms with Gasteiger partial charge < -0.3 is 25.0 Å². The van der Waals surface area contributed by atoms with Crippen molar-refractivity contribution in [1.29, 1.82) is 0 Å². The third kappa shape index (κ3) is 2.92. The minimum absolute atomic E-state index is 0.185. The summed E-state index contributed by atoms with van der Waals surface area (Å²) in [5, 5.41) is 22.2. The number of hydrogen-bond donors (Lipinski definition) is 4. The van der Waals surface area contributed by atoms with Gasteiger partial charge in [0, 0.05) is 25.4 Å². The van der Waals surface area contributed by atoms with Gasteiger partial charge in [0.1, 0.15) is 18.3 Å². The zero-order valence-electron chi connectivity index (χ0n) is 10.7. The van der Waals surface area contributed by atoms with E-state index in [9.17, 15) is 15.0 Å². The molecule has 4 N–H and O–H groups in total. The second-order valence-corrected chi connectivity index (χ2v) is 4.38. The fourth-order valence-corrected chi connectivity index (χ4v) is 1.82. The molecule has 8 nitrogen and oxygen atoms in total. The van der Waals surface area contributed by atoms with Crippen molar-refractivity contribution in [2.24, 2.45) is 0 Å². The van der Waals surface area contributed by atoms with Crippen LogP contribution >= 0.6 is 0 Å². The Balaban J connectivity index is 1.95. The lowest BCUT2D eigenvalue weighted by Crippen LogP contribution is -2.36. The zero-order chi connectivity index (χ0) is 14.0. The Morgan fingerprint density at radius 3 is 2.84 bits per heavy atom. The van der Waals surface area contributed by atoms with Crippen molar-refractivity contribution in [2.45, 2.75) is 31.5 Å². The van der Waals surface area contributed by atoms with E-state index < -0.39 is 24.6 Å². The first-order chi connectivity index (χ1) is 9.02. The van der Waals surface area contributed by atoms with Crippen molar-refractivity contribution in [3.63, 3.8) is 0 Å². The van der Waals surface area contributed by atoms with Gasteiger partial charge in [0.15, 0.2) is 6.29 Å². The molecule has 4 atom stereocenters. The van der Waals surface area contributed by atoms with Crippen LogP contribution in [0.5, 0.6) is 0 Å². The fourth-order valence-electron chi connectivity index (χ4n) is 1.82. The number of ether oxygens (including phenoxy) is 2. The predicted molar refractivity (Wildman–Crippen MR) is 65.8 cm³/mol. The molecule has 0 spiro atoms. The van der Waals surface area contributed by atoms with Crippen LogP contribution < -0.4 is 10.9 Å². The molecule has 1 aromatic rings. The normalized spacial score (nSPS) is 30.5. The molecule has 2 rings (SSSR count). The van der Waals surface area contributed by atoms with E-state index in [1.165, 1.54) is 13.3 Å². The van der Waals surface area contributed by atoms with E-state index in [2.05, 4.69) is 15.3 Å². The highest BCUT2D eigenvalue weighted by atomic mass is 16.7. The van der Waals surface area contributed by atoms with Crippen LogP contribution in [0, 0.1) is 6.92 Å². The van der Waals surface area contributed by atoms with Gasteiger partial charge in [-0.1, -0.05) is 0 Å². The van der Waals surface area contributed by atoms with Gasteiger partial charge >= 0.3 is 0 Å². The number of aromatic amines is 1. The largest absolute Gasteiger partial charge is 0.387 e. The molecule has 1 fully saturated rings. The van der Waals surface area contributed by atoms with Crippen LogP contribution in [0.25, 0.3) is 0 Å². The summed E-state index contributed by atoms with van der Waals surface area (Å²) in [7, 11) is 1.38. The monoisotopic (exact) mass is 271 g/mol. The van der Waals surface area contributed by atoms with Crippen LogP contribution in [-0.2, 0) is 9.47 Å². The van der Waals surface area contributed by atoms with Crippen LogP contribution in [-0.4, -0.2) is 58.4 Å². The molecule has 0 unspecified atom stereocenters. The molecule has 0 aliphatic carbocycles. The second-order valence-electron chi connectivity index (χ2n) is 4.38. The molecule has 19 heavy (non-hydrogen) atoms. The minimum atomic E-state index is -1.10. The highest BCUT2D eigenvalue weighted by Gasteiger charge is 2.42. The summed E-state index contributed by atoms with van der Waals surface area (Å²) < 4.78 is 10.2. The van der Waals surface area contributed by atoms with Gasteiger partial charge in [0.05, 0.1) is 0 Å². The lowest BCUT2D eigenvalue weighted by molar-refractivity contribution is -0.146. The summed E-state index contributed by atoms with van der Waals surface area (Å²) in [6.07, 6.45) is -2.21. The third-order valence-electron chi connectivity index (χ3n) is 3.00. The van der Waals surface area contributed by atoms with E-state index in [0.29, 0.717) is 5.56 Å². The van der Waals surface area contributed by atoms with Gasteiger partial charge in [-0.15, -0.1) is 0 Å². The van der Waals surface area contributed by atoms with Crippen LogP contribution in [0.3, 0.4) is 0 Å². The smallest absolute Gasteiger partial charge is 0.255 e. The van der Waals surface area contributed by atoms with Crippen LogP contribution in [0.1, 0.15) is 5.56 Å². The maximum absolute atomic E-state index is 11.4. The Kier molecular flexibility index (Phi) is 4.15. The first-order valence-electron chi connectivity index (χ1n) is 5.87. The molecule has 1 aliphatic rings. The minimum Gasteiger partial charge on any atom is -0.387 e. The van der Waals surface area contributed by atoms with E-state index in [-0.39, 0.29) is 18.1 Å². The molecule has 1 saturated heterocycles. The molecule has 0 radical (unpaired) electrons. The summed E-state index contributed by atoms with van der Waals surface area (Å²) in [4.78, 5) is 17.9. The Labute approximate surface area is 109 Å². The van der Waals surface area contributed by atoms with E-state index in [4.69, 9.17) is 9.47 Å². The molecule has 2 heterocycles. The summed E-state index contributed by atoms with van der Waals surface area (Å²) in [5.41, 5.74) is 0.276. The van der Waals surface area contributed by atoms with Gasteiger partial charge in [-0.2, -0.15) is 0 Å². The summed E-state index contributed by atoms with van der Waals surface area (Å²) in [6, 6.07) is 0. The number of H-pyrrole nitrogens is 1. The molecule has 1 aliphatic heterocycles. The van der Waals surface area contributed by atoms with Crippen LogP contribution in [0.2, 0.25) is 0 Å². The van der Waals surface area contributed by atoms with Crippen molar-refractivity contribution in [3.05, 3.63) is 22.1 Å². The van der Waals surface area contributed by atoms with Crippen molar-refractivity contribution >= 4 is 5.95 Å². The molecule has 0 saturated carbocycles. The maximum Gasteiger partial charge on any atom is 0.255 e. The number of nitrogens with zero attached hydrogens (tertiary/aromatic N) is 1. The van der Waals surface area contributed by atoms with Crippen molar-refractivity contribution in [3.8, 4) is 0 Å². The van der Waals surface area contributed by atoms with E-state index in [0.717, 1.165) is 0 Å². The Bertz CT molecular complexity index is 491. The standard InChI is InChI=1S/C11H17N3O5/c1-5-3-12-11(14-9(5)17)13-4-6-7(15)8(16)10(18-2)19-6/h3,6-8,10,15-16H,4H2,1-2H3,(H2,12,13,14,17)/t6-,7-,8-,10-/m1/s1. The maximum atomic E-state index is 11.4. The topological polar surface area (TPSA) is 117 Å². The van der Waals surface area contributed by atoms with Crippen LogP contribution in [0.15, 0.2) is 11.0 Å². The Hall–Kier alpha value is -1.48. The lowest BCUT2D eigenvalue weighted by Gasteiger charge is -2.15. The molecule has 0 aromatic carbocycles. The van der Waals surface area contributed by atoms with Crippen molar-refractivity contribution < 1.29 is 19.7 Å². The SMILES string of the molecule is CO[C@@H]1O[C@H](CNc2ncc(C)c(=O)[nH]2)[C@@H](O)[C@H]1O. The summed E-state index contributed by atoms with van der Waals surface area (Å²) >= 11 is 0. The molecule has 0 bridgehead atoms. The number of aliphatic hydroxyl groups is 2. The number of nitrogens with one attached hydrogen (secondary N) is 2. The molecular weight excluding hydrogens is 254 g/mol. The number of aromatic nitrogens is 2. The summed E-state index contributed by atoms with van der Waals surface area (Å²) in [6.45, 7) is 1.84. The molecule has 8 heteroatoms. The second kappa shape index (κ2) is 5.66. The lowest BCUT2D eigenvalue weighted by atomic mass is 10.1. The van der Waals surface area contributed by atoms with Crippen molar-refractivity contribution in [1.82, 2.24) is 9.97 Å².